The van der Waals surface area contributed by atoms with Gasteiger partial charge >= 0.3 is 6.03 Å². The molecule has 2 N–H and O–H groups in total. The lowest BCUT2D eigenvalue weighted by Gasteiger charge is -2.26. The molecule has 0 fully saturated rings. The van der Waals surface area contributed by atoms with E-state index in [0.717, 1.165) is 36.2 Å². The molecule has 0 saturated carbocycles. The molecule has 5 nitrogen and oxygen atoms in total. The Kier molecular flexibility index (Phi) is 6.08. The number of anilines is 1. The number of carbonyl (C=O) groups excluding carboxylic acids is 1. The predicted octanol–water partition coefficient (Wildman–Crippen LogP) is 5.56. The lowest BCUT2D eigenvalue weighted by atomic mass is 9.98. The van der Waals surface area contributed by atoms with Gasteiger partial charge in [0.05, 0.1) is 11.7 Å². The number of para-hydroxylation sites is 1. The zero-order chi connectivity index (χ0) is 20.4. The maximum atomic E-state index is 12.7. The van der Waals surface area contributed by atoms with Gasteiger partial charge in [0.15, 0.2) is 0 Å². The first kappa shape index (κ1) is 20.2. The summed E-state index contributed by atoms with van der Waals surface area (Å²) in [6.45, 7) is 7.40. The van der Waals surface area contributed by atoms with E-state index in [2.05, 4.69) is 62.3 Å². The average Bonchev–Trinajstić information content (AvgIpc) is 3.36. The molecule has 0 radical (unpaired) electrons. The van der Waals surface area contributed by atoms with Crippen molar-refractivity contribution >= 4 is 39.0 Å². The number of nitrogens with zero attached hydrogens (tertiary/aromatic N) is 2. The van der Waals surface area contributed by atoms with E-state index in [1.807, 2.05) is 47.7 Å². The van der Waals surface area contributed by atoms with Crippen molar-refractivity contribution in [3.8, 4) is 5.00 Å². The Morgan fingerprint density at radius 2 is 2.00 bits per heavy atom. The van der Waals surface area contributed by atoms with Crippen LogP contribution in [-0.4, -0.2) is 28.6 Å². The molecule has 0 unspecified atom stereocenters. The fourth-order valence-electron chi connectivity index (χ4n) is 3.83. The number of nitrogens with one attached hydrogen (secondary N) is 2. The molecule has 1 aromatic carbocycles. The summed E-state index contributed by atoms with van der Waals surface area (Å²) in [5.41, 5.74) is 3.39. The Morgan fingerprint density at radius 3 is 2.72 bits per heavy atom. The highest BCUT2D eigenvalue weighted by molar-refractivity contribution is 9.10. The second kappa shape index (κ2) is 8.73. The van der Waals surface area contributed by atoms with Gasteiger partial charge in [-0.25, -0.2) is 4.79 Å². The Bertz CT molecular complexity index is 998. The number of benzene rings is 1. The van der Waals surface area contributed by atoms with Gasteiger partial charge in [0.25, 0.3) is 0 Å². The van der Waals surface area contributed by atoms with Crippen LogP contribution in [0.1, 0.15) is 35.9 Å². The molecule has 1 atom stereocenters. The summed E-state index contributed by atoms with van der Waals surface area (Å²) in [6.07, 6.45) is 5.17. The van der Waals surface area contributed by atoms with Crippen LogP contribution < -0.4 is 10.6 Å². The van der Waals surface area contributed by atoms with Crippen LogP contribution >= 0.6 is 27.3 Å². The van der Waals surface area contributed by atoms with Crippen molar-refractivity contribution < 1.29 is 4.79 Å². The SMILES string of the molecule is CCN1CCc2c(sc(-n3cccc3)c2[C@H](C)NC(=O)Nc2ccccc2Br)C1. The van der Waals surface area contributed by atoms with Gasteiger partial charge in [0.1, 0.15) is 5.00 Å². The van der Waals surface area contributed by atoms with Gasteiger partial charge in [-0.05, 0) is 65.6 Å². The molecule has 0 bridgehead atoms. The summed E-state index contributed by atoms with van der Waals surface area (Å²) in [7, 11) is 0. The minimum atomic E-state index is -0.200. The number of carbonyl (C=O) groups is 1. The molecular formula is C22H25BrN4OS. The molecule has 152 valence electrons. The van der Waals surface area contributed by atoms with Crippen LogP contribution in [0.15, 0.2) is 53.3 Å². The summed E-state index contributed by atoms with van der Waals surface area (Å²) in [4.78, 5) is 16.6. The number of hydrogen-bond acceptors (Lipinski definition) is 3. The van der Waals surface area contributed by atoms with E-state index < -0.39 is 0 Å². The van der Waals surface area contributed by atoms with Crippen LogP contribution in [0.4, 0.5) is 10.5 Å². The summed E-state index contributed by atoms with van der Waals surface area (Å²) >= 11 is 5.32. The fourth-order valence-corrected chi connectivity index (χ4v) is 5.67. The highest BCUT2D eigenvalue weighted by atomic mass is 79.9. The second-order valence-electron chi connectivity index (χ2n) is 7.23. The standard InChI is InChI=1S/C22H25BrN4OS/c1-3-26-13-10-16-19(14-26)29-21(27-11-6-7-12-27)20(16)15(2)24-22(28)25-18-9-5-4-8-17(18)23/h4-9,11-12,15H,3,10,13-14H2,1-2H3,(H2,24,25,28)/t15-/m0/s1. The first-order valence-corrected chi connectivity index (χ1v) is 11.5. The molecule has 0 aliphatic carbocycles. The van der Waals surface area contributed by atoms with Crippen molar-refractivity contribution in [1.82, 2.24) is 14.8 Å². The van der Waals surface area contributed by atoms with Crippen molar-refractivity contribution in [2.45, 2.75) is 32.9 Å². The molecule has 4 rings (SSSR count). The summed E-state index contributed by atoms with van der Waals surface area (Å²) in [6, 6.07) is 11.4. The highest BCUT2D eigenvalue weighted by Crippen LogP contribution is 2.39. The molecule has 2 aromatic heterocycles. The summed E-state index contributed by atoms with van der Waals surface area (Å²) < 4.78 is 3.03. The molecule has 1 aliphatic rings. The van der Waals surface area contributed by atoms with Crippen LogP contribution in [0.3, 0.4) is 0 Å². The van der Waals surface area contributed by atoms with E-state index in [0.29, 0.717) is 0 Å². The zero-order valence-corrected chi connectivity index (χ0v) is 19.0. The maximum absolute atomic E-state index is 12.7. The fraction of sp³-hybridized carbons (Fsp3) is 0.318. The van der Waals surface area contributed by atoms with Crippen molar-refractivity contribution in [1.29, 1.82) is 0 Å². The molecular weight excluding hydrogens is 448 g/mol. The lowest BCUT2D eigenvalue weighted by Crippen LogP contribution is -2.33. The Morgan fingerprint density at radius 1 is 1.24 bits per heavy atom. The third-order valence-electron chi connectivity index (χ3n) is 5.35. The molecule has 3 aromatic rings. The van der Waals surface area contributed by atoms with Gasteiger partial charge < -0.3 is 15.2 Å². The monoisotopic (exact) mass is 472 g/mol. The smallest absolute Gasteiger partial charge is 0.319 e. The van der Waals surface area contributed by atoms with Crippen molar-refractivity contribution in [3.63, 3.8) is 0 Å². The average molecular weight is 473 g/mol. The number of fused-ring (bicyclic) bond motifs is 1. The van der Waals surface area contributed by atoms with E-state index in [1.54, 1.807) is 0 Å². The van der Waals surface area contributed by atoms with Crippen molar-refractivity contribution in [2.75, 3.05) is 18.4 Å². The largest absolute Gasteiger partial charge is 0.331 e. The molecule has 0 spiro atoms. The third-order valence-corrected chi connectivity index (χ3v) is 7.28. The van der Waals surface area contributed by atoms with E-state index in [4.69, 9.17) is 0 Å². The molecule has 0 saturated heterocycles. The summed E-state index contributed by atoms with van der Waals surface area (Å²) in [5, 5.41) is 7.29. The molecule has 2 amide bonds. The minimum Gasteiger partial charge on any atom is -0.331 e. The first-order chi connectivity index (χ1) is 14.1. The zero-order valence-electron chi connectivity index (χ0n) is 16.6. The minimum absolute atomic E-state index is 0.0944. The Labute approximate surface area is 183 Å². The number of urea groups is 1. The molecule has 3 heterocycles. The quantitative estimate of drug-likeness (QED) is 0.510. The van der Waals surface area contributed by atoms with E-state index in [9.17, 15) is 4.79 Å². The number of aromatic nitrogens is 1. The van der Waals surface area contributed by atoms with Gasteiger partial charge in [0, 0.05) is 40.4 Å². The maximum Gasteiger partial charge on any atom is 0.319 e. The van der Waals surface area contributed by atoms with Gasteiger partial charge in [0.2, 0.25) is 0 Å². The third kappa shape index (κ3) is 4.27. The predicted molar refractivity (Wildman–Crippen MR) is 123 cm³/mol. The number of amides is 2. The number of likely N-dealkylation sites (N-methyl/N-ethyl adjacent to an activating group) is 1. The van der Waals surface area contributed by atoms with Crippen molar-refractivity contribution in [3.05, 3.63) is 69.3 Å². The van der Waals surface area contributed by atoms with Crippen LogP contribution in [0.2, 0.25) is 0 Å². The number of halogens is 1. The Hall–Kier alpha value is -2.09. The van der Waals surface area contributed by atoms with Crippen LogP contribution in [-0.2, 0) is 13.0 Å². The van der Waals surface area contributed by atoms with Gasteiger partial charge in [-0.2, -0.15) is 0 Å². The molecule has 1 aliphatic heterocycles. The Balaban J connectivity index is 1.60. The van der Waals surface area contributed by atoms with E-state index in [-0.39, 0.29) is 12.1 Å². The summed E-state index contributed by atoms with van der Waals surface area (Å²) in [5.74, 6) is 0. The normalized spacial score (nSPS) is 15.0. The number of rotatable bonds is 5. The van der Waals surface area contributed by atoms with E-state index in [1.165, 1.54) is 21.0 Å². The van der Waals surface area contributed by atoms with Gasteiger partial charge in [-0.15, -0.1) is 11.3 Å². The second-order valence-corrected chi connectivity index (χ2v) is 9.17. The van der Waals surface area contributed by atoms with Crippen LogP contribution in [0.5, 0.6) is 0 Å². The van der Waals surface area contributed by atoms with Gasteiger partial charge in [-0.1, -0.05) is 19.1 Å². The lowest BCUT2D eigenvalue weighted by molar-refractivity contribution is 0.249. The first-order valence-electron chi connectivity index (χ1n) is 9.89. The van der Waals surface area contributed by atoms with Gasteiger partial charge in [-0.3, -0.25) is 4.90 Å². The van der Waals surface area contributed by atoms with Crippen molar-refractivity contribution in [2.24, 2.45) is 0 Å². The van der Waals surface area contributed by atoms with Crippen LogP contribution in [0.25, 0.3) is 5.00 Å². The topological polar surface area (TPSA) is 49.3 Å². The number of thiophene rings is 1. The number of hydrogen-bond donors (Lipinski definition) is 2. The van der Waals surface area contributed by atoms with E-state index >= 15 is 0 Å². The van der Waals surface area contributed by atoms with Crippen LogP contribution in [0, 0.1) is 0 Å². The highest BCUT2D eigenvalue weighted by Gasteiger charge is 2.28. The molecule has 7 heteroatoms. The molecule has 29 heavy (non-hydrogen) atoms.